The van der Waals surface area contributed by atoms with Crippen LogP contribution in [0.3, 0.4) is 0 Å². The molecule has 1 fully saturated rings. The summed E-state index contributed by atoms with van der Waals surface area (Å²) in [5.41, 5.74) is 0.742. The molecule has 1 aromatic carbocycles. The monoisotopic (exact) mass is 342 g/mol. The lowest BCUT2D eigenvalue weighted by Gasteiger charge is -2.18. The third-order valence-corrected chi connectivity index (χ3v) is 4.27. The Labute approximate surface area is 146 Å². The van der Waals surface area contributed by atoms with Crippen molar-refractivity contribution < 1.29 is 14.3 Å². The van der Waals surface area contributed by atoms with Crippen LogP contribution in [0, 0.1) is 5.92 Å². The molecule has 1 atom stereocenters. The summed E-state index contributed by atoms with van der Waals surface area (Å²) < 4.78 is 6.95. The van der Waals surface area contributed by atoms with Crippen molar-refractivity contribution in [2.75, 3.05) is 23.9 Å². The molecule has 2 aromatic rings. The van der Waals surface area contributed by atoms with Crippen LogP contribution in [0.5, 0.6) is 5.75 Å². The number of carbonyl (C=O) groups excluding carboxylic acids is 2. The van der Waals surface area contributed by atoms with Crippen molar-refractivity contribution in [1.29, 1.82) is 0 Å². The van der Waals surface area contributed by atoms with E-state index in [9.17, 15) is 9.59 Å². The van der Waals surface area contributed by atoms with E-state index in [2.05, 4.69) is 10.4 Å². The van der Waals surface area contributed by atoms with Crippen LogP contribution in [0.15, 0.2) is 36.5 Å². The molecule has 1 aromatic heterocycles. The van der Waals surface area contributed by atoms with Gasteiger partial charge in [-0.1, -0.05) is 6.07 Å². The van der Waals surface area contributed by atoms with Crippen LogP contribution >= 0.6 is 0 Å². The van der Waals surface area contributed by atoms with E-state index >= 15 is 0 Å². The van der Waals surface area contributed by atoms with E-state index < -0.39 is 5.92 Å². The first-order valence-electron chi connectivity index (χ1n) is 8.28. The minimum atomic E-state index is -0.394. The molecule has 0 spiro atoms. The molecule has 2 amide bonds. The van der Waals surface area contributed by atoms with E-state index in [1.807, 2.05) is 32.0 Å². The van der Waals surface area contributed by atoms with Gasteiger partial charge in [0.2, 0.25) is 11.8 Å². The van der Waals surface area contributed by atoms with Gasteiger partial charge in [0.1, 0.15) is 11.6 Å². The predicted octanol–water partition coefficient (Wildman–Crippen LogP) is 2.46. The number of anilines is 2. The Bertz CT molecular complexity index is 784. The summed E-state index contributed by atoms with van der Waals surface area (Å²) in [7, 11) is 1.58. The van der Waals surface area contributed by atoms with Gasteiger partial charge in [0.05, 0.1) is 19.2 Å². The zero-order chi connectivity index (χ0) is 18.0. The fraction of sp³-hybridized carbons (Fsp3) is 0.389. The quantitative estimate of drug-likeness (QED) is 0.905. The van der Waals surface area contributed by atoms with Gasteiger partial charge >= 0.3 is 0 Å². The van der Waals surface area contributed by atoms with E-state index in [4.69, 9.17) is 4.74 Å². The van der Waals surface area contributed by atoms with Gasteiger partial charge < -0.3 is 15.0 Å². The Balaban J connectivity index is 1.71. The van der Waals surface area contributed by atoms with Crippen molar-refractivity contribution in [1.82, 2.24) is 9.78 Å². The molecule has 1 aliphatic heterocycles. The molecule has 0 bridgehead atoms. The van der Waals surface area contributed by atoms with E-state index in [1.54, 1.807) is 35.0 Å². The van der Waals surface area contributed by atoms with Gasteiger partial charge in [0, 0.05) is 36.8 Å². The Morgan fingerprint density at radius 2 is 2.16 bits per heavy atom. The molecule has 0 radical (unpaired) electrons. The lowest BCUT2D eigenvalue weighted by atomic mass is 10.1. The van der Waals surface area contributed by atoms with E-state index in [-0.39, 0.29) is 24.3 Å². The van der Waals surface area contributed by atoms with Gasteiger partial charge in [-0.05, 0) is 26.0 Å². The summed E-state index contributed by atoms with van der Waals surface area (Å²) in [6.07, 6.45) is 1.84. The zero-order valence-electron chi connectivity index (χ0n) is 14.6. The number of hydrogen-bond donors (Lipinski definition) is 1. The van der Waals surface area contributed by atoms with Crippen molar-refractivity contribution in [2.24, 2.45) is 5.92 Å². The van der Waals surface area contributed by atoms with Crippen molar-refractivity contribution >= 4 is 23.3 Å². The normalized spacial score (nSPS) is 17.2. The number of methoxy groups -OCH3 is 1. The van der Waals surface area contributed by atoms with Crippen molar-refractivity contribution in [3.05, 3.63) is 36.5 Å². The summed E-state index contributed by atoms with van der Waals surface area (Å²) in [5.74, 6) is 0.701. The highest BCUT2D eigenvalue weighted by Crippen LogP contribution is 2.28. The molecule has 1 unspecified atom stereocenters. The summed E-state index contributed by atoms with van der Waals surface area (Å²) in [6.45, 7) is 4.34. The van der Waals surface area contributed by atoms with Crippen LogP contribution in [-0.4, -0.2) is 35.2 Å². The number of ether oxygens (including phenoxy) is 1. The van der Waals surface area contributed by atoms with E-state index in [0.29, 0.717) is 18.1 Å². The predicted molar refractivity (Wildman–Crippen MR) is 94.7 cm³/mol. The number of rotatable bonds is 5. The minimum Gasteiger partial charge on any atom is -0.497 e. The van der Waals surface area contributed by atoms with Crippen molar-refractivity contribution in [3.63, 3.8) is 0 Å². The number of nitrogens with zero attached hydrogens (tertiary/aromatic N) is 3. The van der Waals surface area contributed by atoms with Gasteiger partial charge in [-0.15, -0.1) is 0 Å². The molecule has 1 saturated heterocycles. The fourth-order valence-electron chi connectivity index (χ4n) is 2.96. The summed E-state index contributed by atoms with van der Waals surface area (Å²) in [6, 6.07) is 9.19. The third-order valence-electron chi connectivity index (χ3n) is 4.27. The second-order valence-corrected chi connectivity index (χ2v) is 6.35. The number of aromatic nitrogens is 2. The molecule has 7 heteroatoms. The summed E-state index contributed by atoms with van der Waals surface area (Å²) in [5, 5.41) is 7.09. The molecular weight excluding hydrogens is 320 g/mol. The van der Waals surface area contributed by atoms with Gasteiger partial charge in [-0.2, -0.15) is 5.10 Å². The van der Waals surface area contributed by atoms with Gasteiger partial charge in [0.15, 0.2) is 0 Å². The minimum absolute atomic E-state index is 0.0641. The van der Waals surface area contributed by atoms with Gasteiger partial charge in [-0.3, -0.25) is 9.59 Å². The van der Waals surface area contributed by atoms with Crippen molar-refractivity contribution in [3.8, 4) is 5.75 Å². The number of hydrogen-bond acceptors (Lipinski definition) is 4. The highest BCUT2D eigenvalue weighted by Gasteiger charge is 2.35. The molecule has 7 nitrogen and oxygen atoms in total. The average molecular weight is 342 g/mol. The molecule has 25 heavy (non-hydrogen) atoms. The Morgan fingerprint density at radius 3 is 2.88 bits per heavy atom. The van der Waals surface area contributed by atoms with Crippen LogP contribution in [0.4, 0.5) is 11.5 Å². The third kappa shape index (κ3) is 3.50. The standard InChI is InChI=1S/C18H22N4O3/c1-12(2)22-16(7-8-19-22)20-18(24)13-9-17(23)21(11-13)14-5-4-6-15(10-14)25-3/h4-8,10,12-13H,9,11H2,1-3H3,(H,20,24). The first-order chi connectivity index (χ1) is 12.0. The molecule has 2 heterocycles. The van der Waals surface area contributed by atoms with Crippen LogP contribution in [-0.2, 0) is 9.59 Å². The first-order valence-corrected chi connectivity index (χ1v) is 8.28. The highest BCUT2D eigenvalue weighted by molar-refractivity contribution is 6.03. The van der Waals surface area contributed by atoms with Crippen molar-refractivity contribution in [2.45, 2.75) is 26.3 Å². The highest BCUT2D eigenvalue weighted by atomic mass is 16.5. The van der Waals surface area contributed by atoms with E-state index in [1.165, 1.54) is 0 Å². The largest absolute Gasteiger partial charge is 0.497 e. The molecule has 132 valence electrons. The molecule has 1 aliphatic rings. The second kappa shape index (κ2) is 6.96. The maximum Gasteiger partial charge on any atom is 0.230 e. The maximum absolute atomic E-state index is 12.6. The molecule has 1 N–H and O–H groups in total. The number of benzene rings is 1. The van der Waals surface area contributed by atoms with Crippen LogP contribution in [0.2, 0.25) is 0 Å². The van der Waals surface area contributed by atoms with Crippen LogP contribution in [0.1, 0.15) is 26.3 Å². The molecule has 0 aliphatic carbocycles. The fourth-order valence-corrected chi connectivity index (χ4v) is 2.96. The van der Waals surface area contributed by atoms with Crippen LogP contribution in [0.25, 0.3) is 0 Å². The topological polar surface area (TPSA) is 76.5 Å². The lowest BCUT2D eigenvalue weighted by Crippen LogP contribution is -2.28. The Morgan fingerprint density at radius 1 is 1.36 bits per heavy atom. The number of nitrogens with one attached hydrogen (secondary N) is 1. The smallest absolute Gasteiger partial charge is 0.230 e. The summed E-state index contributed by atoms with van der Waals surface area (Å²) in [4.78, 5) is 26.6. The van der Waals surface area contributed by atoms with Gasteiger partial charge in [-0.25, -0.2) is 4.68 Å². The number of carbonyl (C=O) groups is 2. The molecule has 3 rings (SSSR count). The molecule has 0 saturated carbocycles. The Kier molecular flexibility index (Phi) is 4.74. The zero-order valence-corrected chi connectivity index (χ0v) is 14.6. The average Bonchev–Trinajstić information content (AvgIpc) is 3.21. The van der Waals surface area contributed by atoms with Gasteiger partial charge in [0.25, 0.3) is 0 Å². The number of amides is 2. The van der Waals surface area contributed by atoms with E-state index in [0.717, 1.165) is 5.69 Å². The summed E-state index contributed by atoms with van der Waals surface area (Å²) >= 11 is 0. The SMILES string of the molecule is COc1cccc(N2CC(C(=O)Nc3ccnn3C(C)C)CC2=O)c1. The second-order valence-electron chi connectivity index (χ2n) is 6.35. The maximum atomic E-state index is 12.6. The first kappa shape index (κ1) is 17.0. The Hall–Kier alpha value is -2.83. The van der Waals surface area contributed by atoms with Crippen LogP contribution < -0.4 is 15.0 Å². The lowest BCUT2D eigenvalue weighted by molar-refractivity contribution is -0.122. The molecular formula is C18H22N4O3.